The summed E-state index contributed by atoms with van der Waals surface area (Å²) in [6, 6.07) is 7.98. The average Bonchev–Trinajstić information content (AvgIpc) is 3.10. The zero-order valence-electron chi connectivity index (χ0n) is 13.8. The van der Waals surface area contributed by atoms with Crippen LogP contribution in [0.15, 0.2) is 30.5 Å². The van der Waals surface area contributed by atoms with E-state index in [0.717, 1.165) is 15.3 Å². The summed E-state index contributed by atoms with van der Waals surface area (Å²) < 4.78 is 29.7. The Hall–Kier alpha value is -2.32. The number of benzene rings is 1. The quantitative estimate of drug-likeness (QED) is 0.659. The molecule has 2 aliphatic rings. The molecule has 5 rings (SSSR count). The molecule has 9 heteroatoms. The predicted molar refractivity (Wildman–Crippen MR) is 101 cm³/mol. The summed E-state index contributed by atoms with van der Waals surface area (Å²) in [6.07, 6.45) is 2.60. The monoisotopic (exact) mass is 406 g/mol. The van der Waals surface area contributed by atoms with Crippen molar-refractivity contribution < 1.29 is 13.6 Å². The molecule has 27 heavy (non-hydrogen) atoms. The molecule has 0 radical (unpaired) electrons. The lowest BCUT2D eigenvalue weighted by Gasteiger charge is -2.37. The third-order valence-corrected chi connectivity index (χ3v) is 6.34. The van der Waals surface area contributed by atoms with Crippen molar-refractivity contribution in [3.05, 3.63) is 46.6 Å². The van der Waals surface area contributed by atoms with Crippen molar-refractivity contribution in [1.82, 2.24) is 9.97 Å². The summed E-state index contributed by atoms with van der Waals surface area (Å²) in [5.41, 5.74) is 0.885. The van der Waals surface area contributed by atoms with Gasteiger partial charge in [0.1, 0.15) is 5.82 Å². The number of thiazole rings is 1. The van der Waals surface area contributed by atoms with Crippen LogP contribution in [-0.4, -0.2) is 21.9 Å². The second-order valence-corrected chi connectivity index (χ2v) is 8.21. The zero-order valence-corrected chi connectivity index (χ0v) is 15.4. The first-order valence-electron chi connectivity index (χ1n) is 8.43. The molecule has 0 unspecified atom stereocenters. The summed E-state index contributed by atoms with van der Waals surface area (Å²) in [5, 5.41) is 6.49. The van der Waals surface area contributed by atoms with Crippen molar-refractivity contribution in [2.75, 3.05) is 10.6 Å². The Morgan fingerprint density at radius 1 is 1.30 bits per heavy atom. The van der Waals surface area contributed by atoms with Gasteiger partial charge in [-0.3, -0.25) is 4.79 Å². The van der Waals surface area contributed by atoms with Gasteiger partial charge in [-0.15, -0.1) is 0 Å². The third-order valence-electron chi connectivity index (χ3n) is 5.07. The fraction of sp³-hybridized carbons (Fsp3) is 0.278. The first kappa shape index (κ1) is 16.8. The smallest absolute Gasteiger partial charge is 0.354 e. The lowest BCUT2D eigenvalue weighted by atomic mass is 9.74. The van der Waals surface area contributed by atoms with Crippen LogP contribution in [0.5, 0.6) is 0 Å². The molecule has 5 nitrogen and oxygen atoms in total. The van der Waals surface area contributed by atoms with Crippen LogP contribution in [0.1, 0.15) is 29.9 Å². The number of rotatable bonds is 3. The van der Waals surface area contributed by atoms with E-state index in [1.54, 1.807) is 11.3 Å². The topological polar surface area (TPSA) is 66.9 Å². The molecule has 0 spiro atoms. The van der Waals surface area contributed by atoms with E-state index in [9.17, 15) is 13.6 Å². The number of carbonyl (C=O) groups excluding carboxylic acids is 1. The van der Waals surface area contributed by atoms with E-state index in [2.05, 4.69) is 20.6 Å². The highest BCUT2D eigenvalue weighted by molar-refractivity contribution is 7.22. The summed E-state index contributed by atoms with van der Waals surface area (Å²) in [5.74, 6) is -5.20. The predicted octanol–water partition coefficient (Wildman–Crippen LogP) is 4.75. The molecule has 138 valence electrons. The first-order chi connectivity index (χ1) is 12.9. The van der Waals surface area contributed by atoms with Crippen LogP contribution < -0.4 is 10.6 Å². The molecule has 1 aliphatic carbocycles. The fourth-order valence-corrected chi connectivity index (χ4v) is 4.93. The Morgan fingerprint density at radius 3 is 2.85 bits per heavy atom. The number of hydrogen-bond donors (Lipinski definition) is 2. The lowest BCUT2D eigenvalue weighted by molar-refractivity contribution is -0.139. The van der Waals surface area contributed by atoms with Crippen molar-refractivity contribution >= 4 is 50.0 Å². The number of halogens is 3. The minimum Gasteiger partial charge on any atom is -0.359 e. The number of hydrogen-bond acceptors (Lipinski definition) is 5. The molecule has 0 atom stereocenters. The molecule has 1 amide bonds. The molecule has 3 heterocycles. The van der Waals surface area contributed by atoms with Crippen molar-refractivity contribution in [3.8, 4) is 0 Å². The first-order valence-corrected chi connectivity index (χ1v) is 9.63. The molecule has 3 aromatic rings. The van der Waals surface area contributed by atoms with Crippen molar-refractivity contribution in [2.24, 2.45) is 0 Å². The minimum atomic E-state index is -3.60. The molecule has 1 fully saturated rings. The van der Waals surface area contributed by atoms with Gasteiger partial charge in [-0.1, -0.05) is 35.1 Å². The molecular weight excluding hydrogens is 394 g/mol. The van der Waals surface area contributed by atoms with E-state index >= 15 is 0 Å². The Morgan fingerprint density at radius 2 is 2.07 bits per heavy atom. The van der Waals surface area contributed by atoms with Crippen molar-refractivity contribution in [1.29, 1.82) is 0 Å². The largest absolute Gasteiger partial charge is 0.359 e. The molecule has 1 aliphatic heterocycles. The number of nitrogens with zero attached hydrogens (tertiary/aromatic N) is 2. The number of carbonyl (C=O) groups is 1. The maximum atomic E-state index is 14.3. The standard InChI is InChI=1S/C18H13ClF2N4OS/c19-10-7-22-15-14(18(20,21)16(26)25-15)13(10)8-5-9(6-8)23-17-24-11-3-1-2-4-12(11)27-17/h1-4,7-9H,5-6H2,(H,23,24)(H,22,25,26). The Balaban J connectivity index is 1.37. The number of amides is 1. The highest BCUT2D eigenvalue weighted by atomic mass is 35.5. The maximum absolute atomic E-state index is 14.3. The van der Waals surface area contributed by atoms with E-state index in [0.29, 0.717) is 18.4 Å². The number of alkyl halides is 2. The van der Waals surface area contributed by atoms with Crippen LogP contribution in [0.2, 0.25) is 5.02 Å². The summed E-state index contributed by atoms with van der Waals surface area (Å²) in [7, 11) is 0. The third kappa shape index (κ3) is 2.58. The second-order valence-electron chi connectivity index (χ2n) is 6.77. The zero-order chi connectivity index (χ0) is 18.8. The molecule has 2 aromatic heterocycles. The maximum Gasteiger partial charge on any atom is 0.354 e. The van der Waals surface area contributed by atoms with E-state index in [4.69, 9.17) is 11.6 Å². The second kappa shape index (κ2) is 5.84. The number of nitrogens with one attached hydrogen (secondary N) is 2. The Bertz CT molecular complexity index is 1050. The molecule has 1 saturated carbocycles. The van der Waals surface area contributed by atoms with Gasteiger partial charge in [0.15, 0.2) is 5.13 Å². The van der Waals surface area contributed by atoms with Gasteiger partial charge in [0.05, 0.1) is 20.8 Å². The van der Waals surface area contributed by atoms with Gasteiger partial charge < -0.3 is 10.6 Å². The minimum absolute atomic E-state index is 0.0908. The fourth-order valence-electron chi connectivity index (χ4n) is 3.69. The highest BCUT2D eigenvalue weighted by Gasteiger charge is 2.53. The van der Waals surface area contributed by atoms with Gasteiger partial charge in [0.25, 0.3) is 0 Å². The van der Waals surface area contributed by atoms with E-state index in [-0.39, 0.29) is 28.4 Å². The van der Waals surface area contributed by atoms with Gasteiger partial charge in [0.2, 0.25) is 0 Å². The van der Waals surface area contributed by atoms with Gasteiger partial charge >= 0.3 is 11.8 Å². The van der Waals surface area contributed by atoms with Crippen LogP contribution in [0.3, 0.4) is 0 Å². The lowest BCUT2D eigenvalue weighted by Crippen LogP contribution is -2.35. The van der Waals surface area contributed by atoms with Crippen LogP contribution >= 0.6 is 22.9 Å². The molecule has 0 saturated heterocycles. The van der Waals surface area contributed by atoms with Crippen LogP contribution in [-0.2, 0) is 10.7 Å². The van der Waals surface area contributed by atoms with Crippen LogP contribution in [0, 0.1) is 0 Å². The molecule has 1 aromatic carbocycles. The summed E-state index contributed by atoms with van der Waals surface area (Å²) >= 11 is 7.75. The van der Waals surface area contributed by atoms with Gasteiger partial charge in [-0.05, 0) is 36.5 Å². The normalized spacial score (nSPS) is 23.0. The average molecular weight is 407 g/mol. The van der Waals surface area contributed by atoms with Crippen molar-refractivity contribution in [2.45, 2.75) is 30.7 Å². The number of anilines is 2. The Labute approximate surface area is 161 Å². The number of pyridine rings is 1. The van der Waals surface area contributed by atoms with E-state index < -0.39 is 11.8 Å². The van der Waals surface area contributed by atoms with Crippen LogP contribution in [0.4, 0.5) is 19.7 Å². The number of para-hydroxylation sites is 1. The molecular formula is C18H13ClF2N4OS. The molecule has 0 bridgehead atoms. The summed E-state index contributed by atoms with van der Waals surface area (Å²) in [4.78, 5) is 20.0. The number of fused-ring (bicyclic) bond motifs is 2. The van der Waals surface area contributed by atoms with Gasteiger partial charge in [0, 0.05) is 12.2 Å². The molecule has 2 N–H and O–H groups in total. The number of aromatic nitrogens is 2. The van der Waals surface area contributed by atoms with E-state index in [1.165, 1.54) is 6.20 Å². The van der Waals surface area contributed by atoms with Crippen molar-refractivity contribution in [3.63, 3.8) is 0 Å². The Kier molecular flexibility index (Phi) is 3.64. The summed E-state index contributed by atoms with van der Waals surface area (Å²) in [6.45, 7) is 0. The van der Waals surface area contributed by atoms with Crippen LogP contribution in [0.25, 0.3) is 10.2 Å². The van der Waals surface area contributed by atoms with Gasteiger partial charge in [-0.25, -0.2) is 9.97 Å². The van der Waals surface area contributed by atoms with E-state index in [1.807, 2.05) is 24.3 Å². The highest BCUT2D eigenvalue weighted by Crippen LogP contribution is 2.50. The SMILES string of the molecule is O=C1Nc2ncc(Cl)c(C3CC(Nc4nc5ccccc5s4)C3)c2C1(F)F. The van der Waals surface area contributed by atoms with Gasteiger partial charge in [-0.2, -0.15) is 8.78 Å².